The summed E-state index contributed by atoms with van der Waals surface area (Å²) >= 11 is 0. The molecule has 1 aliphatic carbocycles. The molecule has 0 saturated carbocycles. The minimum Gasteiger partial charge on any atom is -0.461 e. The first-order chi connectivity index (χ1) is 12.0. The maximum Gasteiger partial charge on any atom is 0.222 e. The van der Waals surface area contributed by atoms with Crippen LogP contribution < -0.4 is 4.74 Å². The fourth-order valence-electron chi connectivity index (χ4n) is 3.83. The molecule has 2 rings (SSSR count). The third-order valence-electron chi connectivity index (χ3n) is 5.27. The monoisotopic (exact) mass is 358 g/mol. The number of hydrogen-bond acceptors (Lipinski definition) is 2. The van der Waals surface area contributed by atoms with Crippen molar-refractivity contribution in [1.82, 2.24) is 0 Å². The van der Waals surface area contributed by atoms with Gasteiger partial charge in [0.05, 0.1) is 0 Å². The van der Waals surface area contributed by atoms with Crippen LogP contribution in [0.4, 0.5) is 0 Å². The SMILES string of the molecule is COC(Oc1ccc(C(CC(C)(C)C)C(C)(C)C)cc1)C1=CCC(C)C1. The fourth-order valence-corrected chi connectivity index (χ4v) is 3.83. The zero-order valence-electron chi connectivity index (χ0n) is 18.1. The van der Waals surface area contributed by atoms with Gasteiger partial charge < -0.3 is 9.47 Å². The molecule has 2 heteroatoms. The first-order valence-electron chi connectivity index (χ1n) is 9.98. The molecule has 1 aromatic rings. The van der Waals surface area contributed by atoms with Crippen molar-refractivity contribution in [2.45, 2.75) is 79.9 Å². The number of benzene rings is 1. The lowest BCUT2D eigenvalue weighted by molar-refractivity contribution is -0.0266. The molecule has 0 amide bonds. The molecule has 146 valence electrons. The molecule has 0 aliphatic heterocycles. The van der Waals surface area contributed by atoms with Crippen molar-refractivity contribution in [3.05, 3.63) is 41.5 Å². The van der Waals surface area contributed by atoms with Crippen molar-refractivity contribution in [3.8, 4) is 5.75 Å². The van der Waals surface area contributed by atoms with Crippen molar-refractivity contribution in [1.29, 1.82) is 0 Å². The Hall–Kier alpha value is -1.28. The van der Waals surface area contributed by atoms with Gasteiger partial charge in [0.1, 0.15) is 5.75 Å². The van der Waals surface area contributed by atoms with Crippen molar-refractivity contribution in [2.24, 2.45) is 16.7 Å². The van der Waals surface area contributed by atoms with Crippen LogP contribution in [0.15, 0.2) is 35.9 Å². The molecule has 0 N–H and O–H groups in total. The van der Waals surface area contributed by atoms with Gasteiger partial charge in [0, 0.05) is 7.11 Å². The van der Waals surface area contributed by atoms with Crippen LogP contribution in [0.2, 0.25) is 0 Å². The van der Waals surface area contributed by atoms with Crippen molar-refractivity contribution in [3.63, 3.8) is 0 Å². The van der Waals surface area contributed by atoms with Crippen LogP contribution >= 0.6 is 0 Å². The summed E-state index contributed by atoms with van der Waals surface area (Å²) in [5.74, 6) is 2.09. The summed E-state index contributed by atoms with van der Waals surface area (Å²) in [5.41, 5.74) is 3.20. The highest BCUT2D eigenvalue weighted by atomic mass is 16.7. The summed E-state index contributed by atoms with van der Waals surface area (Å²) in [6.45, 7) is 16.2. The fraction of sp³-hybridized carbons (Fsp3) is 0.667. The van der Waals surface area contributed by atoms with Crippen LogP contribution in [-0.4, -0.2) is 13.4 Å². The van der Waals surface area contributed by atoms with Crippen LogP contribution in [0.25, 0.3) is 0 Å². The molecule has 1 aliphatic rings. The average Bonchev–Trinajstić information content (AvgIpc) is 2.95. The van der Waals surface area contributed by atoms with Crippen molar-refractivity contribution < 1.29 is 9.47 Å². The maximum absolute atomic E-state index is 6.13. The van der Waals surface area contributed by atoms with Gasteiger partial charge in [0.25, 0.3) is 0 Å². The van der Waals surface area contributed by atoms with Crippen LogP contribution in [0, 0.1) is 16.7 Å². The Labute approximate surface area is 161 Å². The minimum atomic E-state index is -0.265. The first kappa shape index (κ1) is 21.0. The average molecular weight is 359 g/mol. The third-order valence-corrected chi connectivity index (χ3v) is 5.27. The van der Waals surface area contributed by atoms with Gasteiger partial charge in [-0.15, -0.1) is 0 Å². The van der Waals surface area contributed by atoms with E-state index in [1.54, 1.807) is 7.11 Å². The van der Waals surface area contributed by atoms with E-state index in [0.717, 1.165) is 18.6 Å². The Kier molecular flexibility index (Phi) is 6.60. The Morgan fingerprint density at radius 2 is 1.65 bits per heavy atom. The molecule has 0 fully saturated rings. The largest absolute Gasteiger partial charge is 0.461 e. The molecule has 2 nitrogen and oxygen atoms in total. The number of rotatable bonds is 6. The highest BCUT2D eigenvalue weighted by Gasteiger charge is 2.30. The van der Waals surface area contributed by atoms with E-state index in [9.17, 15) is 0 Å². The smallest absolute Gasteiger partial charge is 0.222 e. The molecular weight excluding hydrogens is 320 g/mol. The van der Waals surface area contributed by atoms with Crippen molar-refractivity contribution >= 4 is 0 Å². The van der Waals surface area contributed by atoms with E-state index < -0.39 is 0 Å². The number of allylic oxidation sites excluding steroid dienone is 1. The first-order valence-corrected chi connectivity index (χ1v) is 9.98. The molecule has 0 spiro atoms. The molecule has 0 bridgehead atoms. The Balaban J connectivity index is 2.13. The molecule has 3 atom stereocenters. The van der Waals surface area contributed by atoms with Gasteiger partial charge in [-0.25, -0.2) is 0 Å². The molecule has 0 radical (unpaired) electrons. The molecule has 0 heterocycles. The topological polar surface area (TPSA) is 18.5 Å². The van der Waals surface area contributed by atoms with E-state index in [4.69, 9.17) is 9.47 Å². The standard InChI is InChI=1S/C24H38O2/c1-17-9-10-19(15-17)22(25-8)26-20-13-11-18(12-14-20)21(24(5,6)7)16-23(2,3)4/h10-14,17,21-22H,9,15-16H2,1-8H3. The Morgan fingerprint density at radius 3 is 2.08 bits per heavy atom. The van der Waals surface area contributed by atoms with Crippen LogP contribution in [-0.2, 0) is 4.74 Å². The lowest BCUT2D eigenvalue weighted by Crippen LogP contribution is -2.24. The number of methoxy groups -OCH3 is 1. The number of ether oxygens (including phenoxy) is 2. The van der Waals surface area contributed by atoms with Crippen molar-refractivity contribution in [2.75, 3.05) is 7.11 Å². The van der Waals surface area contributed by atoms with E-state index in [1.807, 2.05) is 0 Å². The van der Waals surface area contributed by atoms with Gasteiger partial charge in [0.2, 0.25) is 6.29 Å². The van der Waals surface area contributed by atoms with Crippen LogP contribution in [0.1, 0.15) is 79.2 Å². The Bertz CT molecular complexity index is 599. The van der Waals surface area contributed by atoms with E-state index >= 15 is 0 Å². The summed E-state index contributed by atoms with van der Waals surface area (Å²) < 4.78 is 11.7. The summed E-state index contributed by atoms with van der Waals surface area (Å²) in [6, 6.07) is 8.66. The molecule has 1 aromatic carbocycles. The van der Waals surface area contributed by atoms with Gasteiger partial charge in [-0.2, -0.15) is 0 Å². The van der Waals surface area contributed by atoms with Gasteiger partial charge in [-0.05, 0) is 65.2 Å². The van der Waals surface area contributed by atoms with Gasteiger partial charge >= 0.3 is 0 Å². The van der Waals surface area contributed by atoms with Gasteiger partial charge in [-0.1, -0.05) is 66.7 Å². The zero-order chi connectivity index (χ0) is 19.5. The van der Waals surface area contributed by atoms with E-state index in [1.165, 1.54) is 17.6 Å². The van der Waals surface area contributed by atoms with Gasteiger partial charge in [-0.3, -0.25) is 0 Å². The predicted octanol–water partition coefficient (Wildman–Crippen LogP) is 6.96. The number of hydrogen-bond donors (Lipinski definition) is 0. The van der Waals surface area contributed by atoms with Gasteiger partial charge in [0.15, 0.2) is 0 Å². The predicted molar refractivity (Wildman–Crippen MR) is 111 cm³/mol. The lowest BCUT2D eigenvalue weighted by Gasteiger charge is -2.36. The second kappa shape index (κ2) is 8.17. The summed E-state index contributed by atoms with van der Waals surface area (Å²) in [5, 5.41) is 0. The Morgan fingerprint density at radius 1 is 1.04 bits per heavy atom. The second-order valence-electron chi connectivity index (χ2n) is 10.3. The molecular formula is C24H38O2. The molecule has 3 unspecified atom stereocenters. The summed E-state index contributed by atoms with van der Waals surface area (Å²) in [7, 11) is 1.72. The van der Waals surface area contributed by atoms with Crippen LogP contribution in [0.5, 0.6) is 5.75 Å². The maximum atomic E-state index is 6.13. The molecule has 0 saturated heterocycles. The quantitative estimate of drug-likeness (QED) is 0.404. The molecule has 26 heavy (non-hydrogen) atoms. The zero-order valence-corrected chi connectivity index (χ0v) is 18.1. The lowest BCUT2D eigenvalue weighted by atomic mass is 9.69. The minimum absolute atomic E-state index is 0.232. The van der Waals surface area contributed by atoms with E-state index in [2.05, 4.69) is 78.8 Å². The highest BCUT2D eigenvalue weighted by molar-refractivity contribution is 5.31. The summed E-state index contributed by atoms with van der Waals surface area (Å²) in [6.07, 6.45) is 5.36. The van der Waals surface area contributed by atoms with E-state index in [0.29, 0.717) is 17.3 Å². The molecule has 0 aromatic heterocycles. The van der Waals surface area contributed by atoms with E-state index in [-0.39, 0.29) is 11.7 Å². The third kappa shape index (κ3) is 5.87. The second-order valence-corrected chi connectivity index (χ2v) is 10.3. The van der Waals surface area contributed by atoms with Crippen LogP contribution in [0.3, 0.4) is 0 Å². The highest BCUT2D eigenvalue weighted by Crippen LogP contribution is 2.43. The summed E-state index contributed by atoms with van der Waals surface area (Å²) in [4.78, 5) is 0. The normalized spacial score (nSPS) is 20.6.